The Bertz CT molecular complexity index is 926. The predicted octanol–water partition coefficient (Wildman–Crippen LogP) is 5.25. The van der Waals surface area contributed by atoms with E-state index < -0.39 is 0 Å². The second-order valence-electron chi connectivity index (χ2n) is 7.30. The van der Waals surface area contributed by atoms with Crippen LogP contribution >= 0.6 is 0 Å². The number of methoxy groups -OCH3 is 1. The molecule has 0 aromatic heterocycles. The number of rotatable bonds is 4. The number of fused-ring (bicyclic) bond motifs is 1. The summed E-state index contributed by atoms with van der Waals surface area (Å²) < 4.78 is 4.76. The van der Waals surface area contributed by atoms with E-state index in [1.807, 2.05) is 12.3 Å². The second kappa shape index (κ2) is 7.39. The molecule has 0 saturated heterocycles. The molecule has 27 heavy (non-hydrogen) atoms. The Labute approximate surface area is 161 Å². The van der Waals surface area contributed by atoms with Gasteiger partial charge in [-0.05, 0) is 69.2 Å². The van der Waals surface area contributed by atoms with E-state index in [0.717, 1.165) is 17.8 Å². The van der Waals surface area contributed by atoms with Crippen LogP contribution in [-0.2, 0) is 4.74 Å². The van der Waals surface area contributed by atoms with Gasteiger partial charge in [-0.1, -0.05) is 18.2 Å². The predicted molar refractivity (Wildman–Crippen MR) is 112 cm³/mol. The molecule has 0 amide bonds. The third kappa shape index (κ3) is 3.80. The fourth-order valence-corrected chi connectivity index (χ4v) is 3.74. The van der Waals surface area contributed by atoms with E-state index in [1.54, 1.807) is 18.2 Å². The quantitative estimate of drug-likeness (QED) is 0.551. The fourth-order valence-electron chi connectivity index (χ4n) is 3.74. The lowest BCUT2D eigenvalue weighted by molar-refractivity contribution is 0.0601. The van der Waals surface area contributed by atoms with Crippen molar-refractivity contribution in [3.63, 3.8) is 0 Å². The Morgan fingerprint density at radius 3 is 2.70 bits per heavy atom. The zero-order valence-electron chi connectivity index (χ0n) is 16.6. The average Bonchev–Trinajstić information content (AvgIpc) is 2.65. The van der Waals surface area contributed by atoms with E-state index >= 15 is 0 Å². The van der Waals surface area contributed by atoms with Gasteiger partial charge < -0.3 is 9.64 Å². The number of anilines is 1. The number of hydrogen-bond donors (Lipinski definition) is 0. The minimum atomic E-state index is -0.358. The van der Waals surface area contributed by atoms with Crippen molar-refractivity contribution in [2.45, 2.75) is 33.2 Å². The van der Waals surface area contributed by atoms with Gasteiger partial charge in [0.1, 0.15) is 0 Å². The minimum absolute atomic E-state index is 0.00969. The van der Waals surface area contributed by atoms with Crippen molar-refractivity contribution in [2.24, 2.45) is 4.99 Å². The van der Waals surface area contributed by atoms with Crippen molar-refractivity contribution in [1.29, 1.82) is 0 Å². The Morgan fingerprint density at radius 1 is 1.22 bits per heavy atom. The SMILES string of the molecule is CCN1c2ccc(C=Nc3cccc(C(=O)OC)c3)cc2C(C)=CC1(C)C. The van der Waals surface area contributed by atoms with Gasteiger partial charge in [0.15, 0.2) is 0 Å². The fraction of sp³-hybridized carbons (Fsp3) is 0.304. The molecule has 0 atom stereocenters. The van der Waals surface area contributed by atoms with Crippen LogP contribution in [0.2, 0.25) is 0 Å². The van der Waals surface area contributed by atoms with Gasteiger partial charge in [0.2, 0.25) is 0 Å². The Hall–Kier alpha value is -2.88. The third-order valence-corrected chi connectivity index (χ3v) is 4.95. The van der Waals surface area contributed by atoms with Crippen molar-refractivity contribution in [3.05, 3.63) is 65.2 Å². The van der Waals surface area contributed by atoms with E-state index in [4.69, 9.17) is 4.74 Å². The molecule has 0 radical (unpaired) electrons. The summed E-state index contributed by atoms with van der Waals surface area (Å²) in [4.78, 5) is 18.6. The maximum absolute atomic E-state index is 11.7. The van der Waals surface area contributed by atoms with E-state index in [1.165, 1.54) is 23.9 Å². The minimum Gasteiger partial charge on any atom is -0.465 e. The maximum atomic E-state index is 11.7. The summed E-state index contributed by atoms with van der Waals surface area (Å²) in [6.07, 6.45) is 4.15. The summed E-state index contributed by atoms with van der Waals surface area (Å²) in [7, 11) is 1.38. The molecule has 140 valence electrons. The summed E-state index contributed by atoms with van der Waals surface area (Å²) in [6, 6.07) is 13.6. The molecule has 0 unspecified atom stereocenters. The van der Waals surface area contributed by atoms with E-state index in [9.17, 15) is 4.79 Å². The number of carbonyl (C=O) groups is 1. The van der Waals surface area contributed by atoms with Gasteiger partial charge in [0.05, 0.1) is 23.9 Å². The third-order valence-electron chi connectivity index (χ3n) is 4.95. The molecule has 2 aromatic carbocycles. The molecule has 0 N–H and O–H groups in total. The van der Waals surface area contributed by atoms with Crippen LogP contribution in [0.3, 0.4) is 0 Å². The van der Waals surface area contributed by atoms with Gasteiger partial charge in [0, 0.05) is 24.0 Å². The van der Waals surface area contributed by atoms with Gasteiger partial charge in [-0.3, -0.25) is 4.99 Å². The molecule has 0 bridgehead atoms. The number of nitrogens with zero attached hydrogens (tertiary/aromatic N) is 2. The molecule has 3 rings (SSSR count). The molecule has 0 spiro atoms. The number of carbonyl (C=O) groups excluding carboxylic acids is 1. The van der Waals surface area contributed by atoms with Crippen LogP contribution in [0.5, 0.6) is 0 Å². The van der Waals surface area contributed by atoms with Gasteiger partial charge in [0.25, 0.3) is 0 Å². The van der Waals surface area contributed by atoms with Gasteiger partial charge in [-0.25, -0.2) is 4.79 Å². The highest BCUT2D eigenvalue weighted by atomic mass is 16.5. The Balaban J connectivity index is 1.91. The van der Waals surface area contributed by atoms with Gasteiger partial charge in [-0.2, -0.15) is 0 Å². The largest absolute Gasteiger partial charge is 0.465 e. The number of ether oxygens (including phenoxy) is 1. The molecule has 1 heterocycles. The van der Waals surface area contributed by atoms with Crippen LogP contribution in [0.15, 0.2) is 53.5 Å². The van der Waals surface area contributed by atoms with E-state index in [-0.39, 0.29) is 11.5 Å². The Kier molecular flexibility index (Phi) is 5.17. The topological polar surface area (TPSA) is 41.9 Å². The lowest BCUT2D eigenvalue weighted by atomic mass is 9.88. The maximum Gasteiger partial charge on any atom is 0.337 e. The van der Waals surface area contributed by atoms with Gasteiger partial charge >= 0.3 is 5.97 Å². The molecule has 0 fully saturated rings. The lowest BCUT2D eigenvalue weighted by Crippen LogP contribution is -2.44. The first-order valence-electron chi connectivity index (χ1n) is 9.19. The number of allylic oxidation sites excluding steroid dienone is 1. The first-order chi connectivity index (χ1) is 12.9. The molecular weight excluding hydrogens is 336 g/mol. The first kappa shape index (κ1) is 18.9. The summed E-state index contributed by atoms with van der Waals surface area (Å²) in [6.45, 7) is 9.79. The van der Waals surface area contributed by atoms with Gasteiger partial charge in [-0.15, -0.1) is 0 Å². The smallest absolute Gasteiger partial charge is 0.337 e. The van der Waals surface area contributed by atoms with Crippen LogP contribution in [-0.4, -0.2) is 31.4 Å². The van der Waals surface area contributed by atoms with E-state index in [2.05, 4.69) is 61.9 Å². The molecule has 2 aromatic rings. The summed E-state index contributed by atoms with van der Waals surface area (Å²) in [5.41, 5.74) is 6.03. The normalized spacial score (nSPS) is 15.4. The van der Waals surface area contributed by atoms with Crippen molar-refractivity contribution in [2.75, 3.05) is 18.6 Å². The molecule has 4 heteroatoms. The van der Waals surface area contributed by atoms with Crippen LogP contribution < -0.4 is 4.90 Å². The van der Waals surface area contributed by atoms with Crippen molar-refractivity contribution >= 4 is 29.1 Å². The van der Waals surface area contributed by atoms with Crippen molar-refractivity contribution in [3.8, 4) is 0 Å². The highest BCUT2D eigenvalue weighted by Gasteiger charge is 2.29. The van der Waals surface area contributed by atoms with Crippen molar-refractivity contribution < 1.29 is 9.53 Å². The molecular formula is C23H26N2O2. The highest BCUT2D eigenvalue weighted by molar-refractivity contribution is 5.91. The van der Waals surface area contributed by atoms with Crippen LogP contribution in [0.4, 0.5) is 11.4 Å². The molecule has 0 saturated carbocycles. The number of benzene rings is 2. The summed E-state index contributed by atoms with van der Waals surface area (Å²) in [5, 5.41) is 0. The number of likely N-dealkylation sites (N-methyl/N-ethyl adjacent to an activating group) is 1. The standard InChI is InChI=1S/C23H26N2O2/c1-6-25-21-11-10-17(12-20(21)16(2)14-23(25,3)4)15-24-19-9-7-8-18(13-19)22(26)27-5/h7-15H,6H2,1-5H3. The Morgan fingerprint density at radius 2 is 2.00 bits per heavy atom. The first-order valence-corrected chi connectivity index (χ1v) is 9.19. The molecule has 4 nitrogen and oxygen atoms in total. The number of esters is 1. The van der Waals surface area contributed by atoms with E-state index in [0.29, 0.717) is 5.56 Å². The zero-order valence-corrected chi connectivity index (χ0v) is 16.6. The number of aliphatic imine (C=N–C) groups is 1. The summed E-state index contributed by atoms with van der Waals surface area (Å²) >= 11 is 0. The molecule has 1 aliphatic heterocycles. The monoisotopic (exact) mass is 362 g/mol. The van der Waals surface area contributed by atoms with Crippen LogP contribution in [0, 0.1) is 0 Å². The molecule has 0 aliphatic carbocycles. The zero-order chi connectivity index (χ0) is 19.6. The average molecular weight is 362 g/mol. The van der Waals surface area contributed by atoms with Crippen LogP contribution in [0.1, 0.15) is 49.2 Å². The second-order valence-corrected chi connectivity index (χ2v) is 7.30. The highest BCUT2D eigenvalue weighted by Crippen LogP contribution is 2.38. The lowest BCUT2D eigenvalue weighted by Gasteiger charge is -2.42. The summed E-state index contributed by atoms with van der Waals surface area (Å²) in [5.74, 6) is -0.358. The van der Waals surface area contributed by atoms with Crippen molar-refractivity contribution in [1.82, 2.24) is 0 Å². The number of hydrogen-bond acceptors (Lipinski definition) is 4. The molecule has 1 aliphatic rings. The van der Waals surface area contributed by atoms with Crippen LogP contribution in [0.25, 0.3) is 5.57 Å².